The Morgan fingerprint density at radius 3 is 1.89 bits per heavy atom. The van der Waals surface area contributed by atoms with Crippen LogP contribution in [-0.2, 0) is 39.8 Å². The Bertz CT molecular complexity index is 1360. The lowest BCUT2D eigenvalue weighted by Crippen LogP contribution is -2.45. The van der Waals surface area contributed by atoms with Gasteiger partial charge in [-0.25, -0.2) is 4.79 Å². The maximum absolute atomic E-state index is 13.0. The molecule has 47 heavy (non-hydrogen) atoms. The van der Waals surface area contributed by atoms with Gasteiger partial charge in [-0.05, 0) is 71.4 Å². The highest BCUT2D eigenvalue weighted by atomic mass is 16.6. The molecule has 2 aromatic rings. The summed E-state index contributed by atoms with van der Waals surface area (Å²) in [7, 11) is 0. The largest absolute Gasteiger partial charge is 0.491 e. The number of carbonyl (C=O) groups is 5. The summed E-state index contributed by atoms with van der Waals surface area (Å²) in [4.78, 5) is 63.6. The molecule has 0 aliphatic carbocycles. The van der Waals surface area contributed by atoms with Crippen LogP contribution in [0.4, 0.5) is 0 Å². The molecule has 0 aromatic heterocycles. The third kappa shape index (κ3) is 12.8. The molecule has 1 aliphatic rings. The molecule has 1 aliphatic heterocycles. The van der Waals surface area contributed by atoms with E-state index in [2.05, 4.69) is 5.32 Å². The number of nitrogens with zero attached hydrogens (tertiary/aromatic N) is 1. The summed E-state index contributed by atoms with van der Waals surface area (Å²) in [5, 5.41) is 2.74. The predicted molar refractivity (Wildman–Crippen MR) is 172 cm³/mol. The fraction of sp³-hybridized carbons (Fsp3) is 0.514. The molecule has 0 unspecified atom stereocenters. The molecule has 12 nitrogen and oxygen atoms in total. The molecule has 2 aromatic carbocycles. The molecule has 0 radical (unpaired) electrons. The minimum Gasteiger partial charge on any atom is -0.491 e. The maximum Gasteiger partial charge on any atom is 0.329 e. The molecule has 0 spiro atoms. The number of hydrogen-bond acceptors (Lipinski definition) is 10. The zero-order chi connectivity index (χ0) is 34.6. The van der Waals surface area contributed by atoms with E-state index in [1.807, 2.05) is 20.8 Å². The summed E-state index contributed by atoms with van der Waals surface area (Å²) in [6.45, 7) is 11.7. The average molecular weight is 655 g/mol. The van der Waals surface area contributed by atoms with Gasteiger partial charge in [-0.1, -0.05) is 24.3 Å². The normalized spacial score (nSPS) is 13.6. The van der Waals surface area contributed by atoms with E-state index >= 15 is 0 Å². The van der Waals surface area contributed by atoms with Gasteiger partial charge in [0.05, 0.1) is 50.5 Å². The number of imide groups is 1. The topological polar surface area (TPSA) is 147 Å². The zero-order valence-corrected chi connectivity index (χ0v) is 28.1. The molecule has 256 valence electrons. The van der Waals surface area contributed by atoms with Crippen molar-refractivity contribution in [2.45, 2.75) is 78.0 Å². The van der Waals surface area contributed by atoms with Crippen LogP contribution in [0.2, 0.25) is 0 Å². The van der Waals surface area contributed by atoms with Crippen LogP contribution in [0.3, 0.4) is 0 Å². The van der Waals surface area contributed by atoms with Crippen LogP contribution in [0, 0.1) is 0 Å². The number of nitrogens with one attached hydrogen (secondary N) is 1. The number of benzene rings is 2. The van der Waals surface area contributed by atoms with E-state index in [0.717, 1.165) is 10.5 Å². The van der Waals surface area contributed by atoms with Crippen molar-refractivity contribution in [2.24, 2.45) is 0 Å². The van der Waals surface area contributed by atoms with Crippen LogP contribution in [0.15, 0.2) is 48.5 Å². The van der Waals surface area contributed by atoms with E-state index in [0.29, 0.717) is 23.5 Å². The molecule has 1 heterocycles. The highest BCUT2D eigenvalue weighted by Gasteiger charge is 2.34. The average Bonchev–Trinajstić information content (AvgIpc) is 3.22. The number of hydrogen-bond donors (Lipinski definition) is 1. The van der Waals surface area contributed by atoms with Crippen molar-refractivity contribution in [1.29, 1.82) is 0 Å². The van der Waals surface area contributed by atoms with Crippen LogP contribution in [-0.4, -0.2) is 91.4 Å². The van der Waals surface area contributed by atoms with Crippen molar-refractivity contribution < 1.29 is 47.7 Å². The van der Waals surface area contributed by atoms with Gasteiger partial charge in [0.15, 0.2) is 0 Å². The molecule has 3 rings (SSSR count). The Morgan fingerprint density at radius 1 is 0.723 bits per heavy atom. The first-order chi connectivity index (χ1) is 22.1. The standard InChI is InChI=1S/C35H46N2O10/c1-34(2,3)46-30(39)16-19-44-21-22-45-25-13-11-24(12-14-25)23-28(33(42)47-35(4,5)6)36-29(38)15-18-43-20-17-37-31(40)26-9-7-8-10-27(26)32(37)41/h7-14,28H,15-23H2,1-6H3,(H,36,38)/t28-/m0/s1. The SMILES string of the molecule is CC(C)(C)OC(=O)CCOCCOc1ccc(C[C@H](NC(=O)CCOCCN2C(=O)c3ccccc3C2=O)C(=O)OC(C)(C)C)cc1. The lowest BCUT2D eigenvalue weighted by Gasteiger charge is -2.25. The van der Waals surface area contributed by atoms with Gasteiger partial charge >= 0.3 is 11.9 Å². The molecule has 1 N–H and O–H groups in total. The van der Waals surface area contributed by atoms with Crippen molar-refractivity contribution >= 4 is 29.7 Å². The number of ether oxygens (including phenoxy) is 5. The third-order valence-electron chi connectivity index (χ3n) is 6.57. The lowest BCUT2D eigenvalue weighted by atomic mass is 10.0. The fourth-order valence-corrected chi connectivity index (χ4v) is 4.52. The lowest BCUT2D eigenvalue weighted by molar-refractivity contribution is -0.159. The Morgan fingerprint density at radius 2 is 1.30 bits per heavy atom. The smallest absolute Gasteiger partial charge is 0.329 e. The van der Waals surface area contributed by atoms with Gasteiger partial charge in [-0.2, -0.15) is 0 Å². The quantitative estimate of drug-likeness (QED) is 0.151. The zero-order valence-electron chi connectivity index (χ0n) is 28.1. The summed E-state index contributed by atoms with van der Waals surface area (Å²) in [5.41, 5.74) is 0.228. The molecule has 0 saturated carbocycles. The summed E-state index contributed by atoms with van der Waals surface area (Å²) in [6.07, 6.45) is 0.316. The second-order valence-electron chi connectivity index (χ2n) is 13.0. The Balaban J connectivity index is 1.41. The Hall–Kier alpha value is -4.29. The highest BCUT2D eigenvalue weighted by Crippen LogP contribution is 2.22. The van der Waals surface area contributed by atoms with E-state index in [1.54, 1.807) is 69.3 Å². The molecular weight excluding hydrogens is 608 g/mol. The molecule has 3 amide bonds. The van der Waals surface area contributed by atoms with Crippen molar-refractivity contribution in [3.8, 4) is 5.75 Å². The van der Waals surface area contributed by atoms with Crippen LogP contribution in [0.5, 0.6) is 5.75 Å². The van der Waals surface area contributed by atoms with Gasteiger partial charge in [0.2, 0.25) is 5.91 Å². The molecule has 0 fully saturated rings. The van der Waals surface area contributed by atoms with Gasteiger partial charge in [0.25, 0.3) is 11.8 Å². The summed E-state index contributed by atoms with van der Waals surface area (Å²) < 4.78 is 27.5. The first-order valence-electron chi connectivity index (χ1n) is 15.7. The molecule has 1 atom stereocenters. The van der Waals surface area contributed by atoms with Gasteiger partial charge in [0.1, 0.15) is 29.6 Å². The first-order valence-corrected chi connectivity index (χ1v) is 15.7. The van der Waals surface area contributed by atoms with Crippen LogP contribution >= 0.6 is 0 Å². The predicted octanol–water partition coefficient (Wildman–Crippen LogP) is 3.89. The highest BCUT2D eigenvalue weighted by molar-refractivity contribution is 6.21. The van der Waals surface area contributed by atoms with E-state index in [-0.39, 0.29) is 70.0 Å². The second kappa shape index (κ2) is 17.0. The number of amides is 3. The minimum atomic E-state index is -0.940. The van der Waals surface area contributed by atoms with E-state index in [9.17, 15) is 24.0 Å². The summed E-state index contributed by atoms with van der Waals surface area (Å²) in [5.74, 6) is -1.43. The van der Waals surface area contributed by atoms with Gasteiger partial charge < -0.3 is 29.0 Å². The summed E-state index contributed by atoms with van der Waals surface area (Å²) >= 11 is 0. The van der Waals surface area contributed by atoms with Crippen molar-refractivity contribution in [3.63, 3.8) is 0 Å². The van der Waals surface area contributed by atoms with Crippen molar-refractivity contribution in [2.75, 3.05) is 39.6 Å². The van der Waals surface area contributed by atoms with Crippen LogP contribution in [0.1, 0.15) is 80.7 Å². The first kappa shape index (κ1) is 37.2. The van der Waals surface area contributed by atoms with E-state index in [4.69, 9.17) is 23.7 Å². The minimum absolute atomic E-state index is 0.0337. The number of rotatable bonds is 17. The van der Waals surface area contributed by atoms with Gasteiger partial charge in [-0.15, -0.1) is 0 Å². The van der Waals surface area contributed by atoms with Crippen LogP contribution in [0.25, 0.3) is 0 Å². The van der Waals surface area contributed by atoms with Gasteiger partial charge in [0, 0.05) is 12.8 Å². The van der Waals surface area contributed by atoms with Crippen LogP contribution < -0.4 is 10.1 Å². The third-order valence-corrected chi connectivity index (χ3v) is 6.57. The van der Waals surface area contributed by atoms with E-state index < -0.39 is 29.1 Å². The van der Waals surface area contributed by atoms with E-state index in [1.165, 1.54) is 0 Å². The van der Waals surface area contributed by atoms with Crippen molar-refractivity contribution in [1.82, 2.24) is 10.2 Å². The molecule has 0 saturated heterocycles. The molecular formula is C35H46N2O10. The Kier molecular flexibility index (Phi) is 13.5. The molecule has 12 heteroatoms. The summed E-state index contributed by atoms with van der Waals surface area (Å²) in [6, 6.07) is 12.8. The maximum atomic E-state index is 13.0. The monoisotopic (exact) mass is 654 g/mol. The number of fused-ring (bicyclic) bond motifs is 1. The number of carbonyl (C=O) groups excluding carboxylic acids is 5. The molecule has 0 bridgehead atoms. The fourth-order valence-electron chi connectivity index (χ4n) is 4.52. The number of esters is 2. The Labute approximate surface area is 276 Å². The van der Waals surface area contributed by atoms with Crippen molar-refractivity contribution in [3.05, 3.63) is 65.2 Å². The second-order valence-corrected chi connectivity index (χ2v) is 13.0. The van der Waals surface area contributed by atoms with Gasteiger partial charge in [-0.3, -0.25) is 24.1 Å².